The van der Waals surface area contributed by atoms with E-state index in [-0.39, 0.29) is 18.6 Å². The van der Waals surface area contributed by atoms with Crippen LogP contribution in [0.1, 0.15) is 31.5 Å². The topological polar surface area (TPSA) is 94.0 Å². The molecule has 0 radical (unpaired) electrons. The normalized spacial score (nSPS) is 26.1. The molecule has 8 heteroatoms. The highest BCUT2D eigenvalue weighted by molar-refractivity contribution is 5.76. The van der Waals surface area contributed by atoms with Gasteiger partial charge in [0.2, 0.25) is 0 Å². The van der Waals surface area contributed by atoms with Gasteiger partial charge in [-0.15, -0.1) is 5.10 Å². The number of hydrogen-bond acceptors (Lipinski definition) is 7. The number of para-hydroxylation sites is 1. The summed E-state index contributed by atoms with van der Waals surface area (Å²) >= 11 is 0. The number of carbonyl (C=O) groups excluding carboxylic acids is 1. The van der Waals surface area contributed by atoms with E-state index in [9.17, 15) is 4.79 Å². The van der Waals surface area contributed by atoms with Gasteiger partial charge in [0.15, 0.2) is 12.4 Å². The number of esters is 1. The molecular formula is C16H20N6O2. The van der Waals surface area contributed by atoms with Crippen molar-refractivity contribution in [2.24, 2.45) is 5.92 Å². The van der Waals surface area contributed by atoms with Crippen molar-refractivity contribution in [1.82, 2.24) is 31.1 Å². The number of nitrogens with zero attached hydrogens (tertiary/aromatic N) is 4. The summed E-state index contributed by atoms with van der Waals surface area (Å²) < 4.78 is 7.06. The summed E-state index contributed by atoms with van der Waals surface area (Å²) in [6.45, 7) is 0.0519. The number of rotatable bonds is 4. The van der Waals surface area contributed by atoms with E-state index in [4.69, 9.17) is 4.74 Å². The second-order valence-corrected chi connectivity index (χ2v) is 6.27. The summed E-state index contributed by atoms with van der Waals surface area (Å²) in [6, 6.07) is 9.61. The zero-order chi connectivity index (χ0) is 16.4. The lowest BCUT2D eigenvalue weighted by Gasteiger charge is -2.26. The molecule has 24 heavy (non-hydrogen) atoms. The van der Waals surface area contributed by atoms with Crippen molar-refractivity contribution in [1.29, 1.82) is 0 Å². The maximum absolute atomic E-state index is 12.4. The van der Waals surface area contributed by atoms with Gasteiger partial charge in [0.1, 0.15) is 6.04 Å². The van der Waals surface area contributed by atoms with E-state index in [1.807, 2.05) is 30.3 Å². The van der Waals surface area contributed by atoms with Crippen LogP contribution < -0.4 is 10.9 Å². The third-order valence-corrected chi connectivity index (χ3v) is 4.80. The fourth-order valence-corrected chi connectivity index (χ4v) is 3.57. The average molecular weight is 328 g/mol. The van der Waals surface area contributed by atoms with Crippen molar-refractivity contribution < 1.29 is 9.53 Å². The average Bonchev–Trinajstić information content (AvgIpc) is 3.27. The number of ether oxygens (including phenoxy) is 1. The number of fused-ring (bicyclic) bond motifs is 1. The molecule has 2 fully saturated rings. The fourth-order valence-electron chi connectivity index (χ4n) is 3.57. The SMILES string of the molecule is O=C(OCc1nnnn1-c1ccccc1)C1NNC2CCCCC21. The van der Waals surface area contributed by atoms with Crippen molar-refractivity contribution in [3.63, 3.8) is 0 Å². The zero-order valence-electron chi connectivity index (χ0n) is 13.3. The predicted octanol–water partition coefficient (Wildman–Crippen LogP) is 0.741. The number of aromatic nitrogens is 4. The maximum Gasteiger partial charge on any atom is 0.325 e. The van der Waals surface area contributed by atoms with E-state index in [2.05, 4.69) is 26.4 Å². The number of hydrazine groups is 1. The van der Waals surface area contributed by atoms with Gasteiger partial charge in [-0.05, 0) is 35.4 Å². The van der Waals surface area contributed by atoms with Gasteiger partial charge in [-0.25, -0.2) is 5.43 Å². The van der Waals surface area contributed by atoms with Crippen LogP contribution in [-0.4, -0.2) is 38.3 Å². The highest BCUT2D eigenvalue weighted by atomic mass is 16.5. The van der Waals surface area contributed by atoms with Gasteiger partial charge in [-0.2, -0.15) is 4.68 Å². The van der Waals surface area contributed by atoms with Crippen LogP contribution in [0.15, 0.2) is 30.3 Å². The number of carbonyl (C=O) groups is 1. The minimum absolute atomic E-state index is 0.0519. The van der Waals surface area contributed by atoms with Crippen molar-refractivity contribution in [2.45, 2.75) is 44.4 Å². The molecule has 2 aromatic rings. The first-order valence-corrected chi connectivity index (χ1v) is 8.33. The molecule has 1 aliphatic heterocycles. The van der Waals surface area contributed by atoms with E-state index in [1.54, 1.807) is 4.68 Å². The lowest BCUT2D eigenvalue weighted by Crippen LogP contribution is -2.40. The molecule has 2 aliphatic rings. The monoisotopic (exact) mass is 328 g/mol. The highest BCUT2D eigenvalue weighted by Gasteiger charge is 2.41. The lowest BCUT2D eigenvalue weighted by atomic mass is 9.82. The first-order valence-electron chi connectivity index (χ1n) is 8.33. The predicted molar refractivity (Wildman–Crippen MR) is 84.8 cm³/mol. The number of hydrogen-bond donors (Lipinski definition) is 2. The summed E-state index contributed by atoms with van der Waals surface area (Å²) in [5.74, 6) is 0.552. The number of benzene rings is 1. The molecule has 0 amide bonds. The van der Waals surface area contributed by atoms with Crippen molar-refractivity contribution in [3.05, 3.63) is 36.2 Å². The Bertz CT molecular complexity index is 704. The fraction of sp³-hybridized carbons (Fsp3) is 0.500. The molecule has 1 aromatic carbocycles. The third-order valence-electron chi connectivity index (χ3n) is 4.80. The molecule has 0 spiro atoms. The largest absolute Gasteiger partial charge is 0.456 e. The standard InChI is InChI=1S/C16H20N6O2/c23-16(15-12-8-4-5-9-13(12)17-19-15)24-10-14-18-20-21-22(14)11-6-2-1-3-7-11/h1-3,6-7,12-13,15,17,19H,4-5,8-10H2. The molecule has 3 atom stereocenters. The van der Waals surface area contributed by atoms with Crippen LogP contribution in [0, 0.1) is 5.92 Å². The van der Waals surface area contributed by atoms with E-state index in [1.165, 1.54) is 12.8 Å². The van der Waals surface area contributed by atoms with Crippen LogP contribution in [0.3, 0.4) is 0 Å². The highest BCUT2D eigenvalue weighted by Crippen LogP contribution is 2.30. The second-order valence-electron chi connectivity index (χ2n) is 6.27. The molecule has 0 bridgehead atoms. The van der Waals surface area contributed by atoms with Crippen LogP contribution in [0.25, 0.3) is 5.69 Å². The van der Waals surface area contributed by atoms with E-state index >= 15 is 0 Å². The molecule has 1 saturated carbocycles. The smallest absolute Gasteiger partial charge is 0.325 e. The summed E-state index contributed by atoms with van der Waals surface area (Å²) in [5.41, 5.74) is 7.15. The quantitative estimate of drug-likeness (QED) is 0.800. The van der Waals surface area contributed by atoms with Gasteiger partial charge in [-0.3, -0.25) is 10.2 Å². The Morgan fingerprint density at radius 2 is 2.04 bits per heavy atom. The van der Waals surface area contributed by atoms with Gasteiger partial charge >= 0.3 is 5.97 Å². The summed E-state index contributed by atoms with van der Waals surface area (Å²) in [7, 11) is 0. The Morgan fingerprint density at radius 3 is 2.92 bits per heavy atom. The maximum atomic E-state index is 12.4. The second kappa shape index (κ2) is 6.66. The molecule has 1 saturated heterocycles. The van der Waals surface area contributed by atoms with Crippen LogP contribution in [0.4, 0.5) is 0 Å². The minimum Gasteiger partial charge on any atom is -0.456 e. The molecule has 2 N–H and O–H groups in total. The van der Waals surface area contributed by atoms with E-state index in [0.29, 0.717) is 17.8 Å². The Hall–Kier alpha value is -2.32. The van der Waals surface area contributed by atoms with Crippen LogP contribution in [0.5, 0.6) is 0 Å². The molecule has 126 valence electrons. The Balaban J connectivity index is 1.41. The zero-order valence-corrected chi connectivity index (χ0v) is 13.3. The van der Waals surface area contributed by atoms with Gasteiger partial charge in [0.05, 0.1) is 5.69 Å². The summed E-state index contributed by atoms with van der Waals surface area (Å²) in [4.78, 5) is 12.4. The third kappa shape index (κ3) is 2.90. The Kier molecular flexibility index (Phi) is 4.22. The van der Waals surface area contributed by atoms with E-state index in [0.717, 1.165) is 18.5 Å². The minimum atomic E-state index is -0.295. The van der Waals surface area contributed by atoms with Crippen LogP contribution in [-0.2, 0) is 16.1 Å². The molecule has 2 heterocycles. The van der Waals surface area contributed by atoms with Gasteiger partial charge in [0.25, 0.3) is 0 Å². The Morgan fingerprint density at radius 1 is 1.21 bits per heavy atom. The first-order chi connectivity index (χ1) is 11.8. The number of tetrazole rings is 1. The molecular weight excluding hydrogens is 308 g/mol. The van der Waals surface area contributed by atoms with Crippen LogP contribution >= 0.6 is 0 Å². The first kappa shape index (κ1) is 15.2. The molecule has 3 unspecified atom stereocenters. The molecule has 4 rings (SSSR count). The van der Waals surface area contributed by atoms with Crippen molar-refractivity contribution >= 4 is 5.97 Å². The molecule has 8 nitrogen and oxygen atoms in total. The van der Waals surface area contributed by atoms with Gasteiger partial charge < -0.3 is 4.74 Å². The molecule has 1 aliphatic carbocycles. The Labute approximate surface area is 139 Å². The van der Waals surface area contributed by atoms with Crippen LogP contribution in [0.2, 0.25) is 0 Å². The lowest BCUT2D eigenvalue weighted by molar-refractivity contribution is -0.148. The van der Waals surface area contributed by atoms with Crippen molar-refractivity contribution in [3.8, 4) is 5.69 Å². The summed E-state index contributed by atoms with van der Waals surface area (Å²) in [6.07, 6.45) is 4.53. The van der Waals surface area contributed by atoms with Crippen molar-refractivity contribution in [2.75, 3.05) is 0 Å². The van der Waals surface area contributed by atoms with E-state index < -0.39 is 0 Å². The summed E-state index contributed by atoms with van der Waals surface area (Å²) in [5, 5.41) is 11.6. The molecule has 1 aromatic heterocycles. The van der Waals surface area contributed by atoms with Gasteiger partial charge in [0, 0.05) is 12.0 Å². The van der Waals surface area contributed by atoms with Gasteiger partial charge in [-0.1, -0.05) is 31.0 Å². The number of nitrogens with one attached hydrogen (secondary N) is 2.